The average Bonchev–Trinajstić information content (AvgIpc) is 2.18. The highest BCUT2D eigenvalue weighted by atomic mass is 35.5. The number of hydrogen-bond donors (Lipinski definition) is 1. The van der Waals surface area contributed by atoms with Gasteiger partial charge in [0.15, 0.2) is 6.79 Å². The first-order valence-corrected chi connectivity index (χ1v) is 5.17. The summed E-state index contributed by atoms with van der Waals surface area (Å²) in [6.07, 6.45) is 0.693. The van der Waals surface area contributed by atoms with Gasteiger partial charge in [0.1, 0.15) is 5.75 Å². The van der Waals surface area contributed by atoms with E-state index in [2.05, 4.69) is 0 Å². The molecule has 1 rings (SSSR count). The third-order valence-corrected chi connectivity index (χ3v) is 2.29. The zero-order valence-corrected chi connectivity index (χ0v) is 9.75. The summed E-state index contributed by atoms with van der Waals surface area (Å²) < 4.78 is 10.3. The maximum atomic E-state index is 6.08. The van der Waals surface area contributed by atoms with Crippen LogP contribution in [0.3, 0.4) is 0 Å². The number of benzene rings is 1. The van der Waals surface area contributed by atoms with Gasteiger partial charge in [-0.05, 0) is 25.5 Å². The van der Waals surface area contributed by atoms with Crippen LogP contribution in [0.25, 0.3) is 0 Å². The quantitative estimate of drug-likeness (QED) is 0.788. The first-order chi connectivity index (χ1) is 7.15. The summed E-state index contributed by atoms with van der Waals surface area (Å²) in [4.78, 5) is 0. The van der Waals surface area contributed by atoms with E-state index in [0.29, 0.717) is 11.4 Å². The molecule has 0 aliphatic heterocycles. The van der Waals surface area contributed by atoms with Crippen molar-refractivity contribution in [2.24, 2.45) is 5.73 Å². The van der Waals surface area contributed by atoms with Crippen molar-refractivity contribution in [2.45, 2.75) is 19.4 Å². The molecule has 0 aliphatic rings. The van der Waals surface area contributed by atoms with E-state index in [-0.39, 0.29) is 12.8 Å². The number of ether oxygens (including phenoxy) is 2. The topological polar surface area (TPSA) is 44.5 Å². The minimum atomic E-state index is 0.0507. The third kappa shape index (κ3) is 3.70. The van der Waals surface area contributed by atoms with Gasteiger partial charge in [-0.3, -0.25) is 0 Å². The Bertz CT molecular complexity index is 315. The lowest BCUT2D eigenvalue weighted by atomic mass is 10.1. The highest BCUT2D eigenvalue weighted by Crippen LogP contribution is 2.27. The second-order valence-electron chi connectivity index (χ2n) is 3.45. The maximum absolute atomic E-state index is 6.08. The minimum Gasteiger partial charge on any atom is -0.467 e. The molecule has 3 nitrogen and oxygen atoms in total. The van der Waals surface area contributed by atoms with E-state index in [0.717, 1.165) is 11.3 Å². The smallest absolute Gasteiger partial charge is 0.188 e. The second-order valence-corrected chi connectivity index (χ2v) is 3.86. The van der Waals surface area contributed by atoms with Gasteiger partial charge in [-0.2, -0.15) is 0 Å². The lowest BCUT2D eigenvalue weighted by molar-refractivity contribution is 0.0504. The second kappa shape index (κ2) is 5.95. The van der Waals surface area contributed by atoms with E-state index in [4.69, 9.17) is 26.8 Å². The molecule has 1 aromatic rings. The van der Waals surface area contributed by atoms with E-state index in [1.807, 2.05) is 25.1 Å². The van der Waals surface area contributed by atoms with Crippen LogP contribution in [0.15, 0.2) is 18.2 Å². The van der Waals surface area contributed by atoms with Gasteiger partial charge < -0.3 is 15.2 Å². The van der Waals surface area contributed by atoms with Gasteiger partial charge in [0.2, 0.25) is 0 Å². The summed E-state index contributed by atoms with van der Waals surface area (Å²) in [6, 6.07) is 5.59. The number of hydrogen-bond acceptors (Lipinski definition) is 3. The summed E-state index contributed by atoms with van der Waals surface area (Å²) >= 11 is 6.08. The number of methoxy groups -OCH3 is 1. The van der Waals surface area contributed by atoms with Gasteiger partial charge in [-0.25, -0.2) is 0 Å². The van der Waals surface area contributed by atoms with Crippen molar-refractivity contribution in [1.82, 2.24) is 0 Å². The maximum Gasteiger partial charge on any atom is 0.188 e. The average molecular weight is 230 g/mol. The van der Waals surface area contributed by atoms with Crippen molar-refractivity contribution in [3.63, 3.8) is 0 Å². The van der Waals surface area contributed by atoms with Crippen molar-refractivity contribution in [1.29, 1.82) is 0 Å². The number of halogens is 1. The molecule has 0 radical (unpaired) electrons. The molecule has 1 atom stereocenters. The summed E-state index contributed by atoms with van der Waals surface area (Å²) in [5.41, 5.74) is 6.68. The molecule has 0 saturated carbocycles. The Morgan fingerprint density at radius 1 is 1.47 bits per heavy atom. The summed E-state index contributed by atoms with van der Waals surface area (Å²) in [5, 5.41) is 0.681. The van der Waals surface area contributed by atoms with Crippen LogP contribution in [0.2, 0.25) is 5.02 Å². The molecule has 0 saturated heterocycles. The van der Waals surface area contributed by atoms with Crippen molar-refractivity contribution in [3.05, 3.63) is 28.8 Å². The van der Waals surface area contributed by atoms with Gasteiger partial charge in [-0.15, -0.1) is 0 Å². The molecule has 1 aromatic carbocycles. The Balaban J connectivity index is 2.87. The van der Waals surface area contributed by atoms with E-state index in [1.54, 1.807) is 7.11 Å². The van der Waals surface area contributed by atoms with E-state index in [1.165, 1.54) is 0 Å². The normalized spacial score (nSPS) is 12.5. The molecule has 0 spiro atoms. The Kier molecular flexibility index (Phi) is 4.88. The lowest BCUT2D eigenvalue weighted by Crippen LogP contribution is -2.18. The molecule has 0 heterocycles. The van der Waals surface area contributed by atoms with Gasteiger partial charge in [-0.1, -0.05) is 17.7 Å². The Hall–Kier alpha value is -0.770. The van der Waals surface area contributed by atoms with Crippen LogP contribution in [0, 0.1) is 0 Å². The molecule has 4 heteroatoms. The lowest BCUT2D eigenvalue weighted by Gasteiger charge is -2.13. The van der Waals surface area contributed by atoms with Crippen LogP contribution in [0.4, 0.5) is 0 Å². The molecule has 84 valence electrons. The predicted octanol–water partition coefficient (Wildman–Crippen LogP) is 2.21. The van der Waals surface area contributed by atoms with Gasteiger partial charge in [0.05, 0.1) is 0 Å². The molecule has 0 fully saturated rings. The Morgan fingerprint density at radius 2 is 2.20 bits per heavy atom. The fraction of sp³-hybridized carbons (Fsp3) is 0.455. The number of rotatable bonds is 5. The molecule has 1 unspecified atom stereocenters. The molecule has 2 N–H and O–H groups in total. The van der Waals surface area contributed by atoms with Crippen molar-refractivity contribution < 1.29 is 9.47 Å². The SMILES string of the molecule is COCOc1cccc(Cl)c1CC(C)N. The Labute approximate surface area is 95.1 Å². The van der Waals surface area contributed by atoms with Crippen LogP contribution in [-0.2, 0) is 11.2 Å². The standard InChI is InChI=1S/C11H16ClNO2/c1-8(13)6-9-10(12)4-3-5-11(9)15-7-14-2/h3-5,8H,6-7,13H2,1-2H3. The van der Waals surface area contributed by atoms with Crippen molar-refractivity contribution in [2.75, 3.05) is 13.9 Å². The molecule has 0 aliphatic carbocycles. The zero-order valence-electron chi connectivity index (χ0n) is 9.00. The minimum absolute atomic E-state index is 0.0507. The van der Waals surface area contributed by atoms with Crippen molar-refractivity contribution in [3.8, 4) is 5.75 Å². The highest BCUT2D eigenvalue weighted by molar-refractivity contribution is 6.31. The largest absolute Gasteiger partial charge is 0.467 e. The van der Waals surface area contributed by atoms with E-state index in [9.17, 15) is 0 Å². The van der Waals surface area contributed by atoms with Crippen LogP contribution in [0.5, 0.6) is 5.75 Å². The summed E-state index contributed by atoms with van der Waals surface area (Å²) in [6.45, 7) is 2.15. The zero-order chi connectivity index (χ0) is 11.3. The highest BCUT2D eigenvalue weighted by Gasteiger charge is 2.09. The fourth-order valence-electron chi connectivity index (χ4n) is 1.32. The van der Waals surface area contributed by atoms with Crippen LogP contribution < -0.4 is 10.5 Å². The van der Waals surface area contributed by atoms with E-state index >= 15 is 0 Å². The predicted molar refractivity (Wildman–Crippen MR) is 61.3 cm³/mol. The van der Waals surface area contributed by atoms with Gasteiger partial charge >= 0.3 is 0 Å². The molecule has 0 bridgehead atoms. The van der Waals surface area contributed by atoms with Crippen LogP contribution in [-0.4, -0.2) is 19.9 Å². The molecule has 0 aromatic heterocycles. The first kappa shape index (κ1) is 12.3. The fourth-order valence-corrected chi connectivity index (χ4v) is 1.56. The first-order valence-electron chi connectivity index (χ1n) is 4.80. The van der Waals surface area contributed by atoms with Crippen LogP contribution in [0.1, 0.15) is 12.5 Å². The third-order valence-electron chi connectivity index (χ3n) is 1.93. The van der Waals surface area contributed by atoms with Crippen LogP contribution >= 0.6 is 11.6 Å². The monoisotopic (exact) mass is 229 g/mol. The molecular formula is C11H16ClNO2. The van der Waals surface area contributed by atoms with Gasteiger partial charge in [0.25, 0.3) is 0 Å². The summed E-state index contributed by atoms with van der Waals surface area (Å²) in [7, 11) is 1.58. The van der Waals surface area contributed by atoms with E-state index < -0.39 is 0 Å². The Morgan fingerprint density at radius 3 is 2.80 bits per heavy atom. The van der Waals surface area contributed by atoms with Crippen molar-refractivity contribution >= 4 is 11.6 Å². The molecule has 15 heavy (non-hydrogen) atoms. The summed E-state index contributed by atoms with van der Waals surface area (Å²) in [5.74, 6) is 0.738. The molecular weight excluding hydrogens is 214 g/mol. The molecule has 0 amide bonds. The van der Waals surface area contributed by atoms with Gasteiger partial charge in [0, 0.05) is 23.7 Å². The number of nitrogens with two attached hydrogens (primary N) is 1.